The lowest BCUT2D eigenvalue weighted by Gasteiger charge is -2.34. The van der Waals surface area contributed by atoms with E-state index in [0.29, 0.717) is 12.8 Å². The largest absolute Gasteiger partial charge is 0.491 e. The number of rotatable bonds is 9. The predicted octanol–water partition coefficient (Wildman–Crippen LogP) is 6.84. The lowest BCUT2D eigenvalue weighted by atomic mass is 9.70. The Kier molecular flexibility index (Phi) is 7.44. The van der Waals surface area contributed by atoms with Gasteiger partial charge in [0.05, 0.1) is 11.5 Å². The zero-order valence-corrected chi connectivity index (χ0v) is 19.8. The average Bonchev–Trinajstić information content (AvgIpc) is 2.86. The van der Waals surface area contributed by atoms with Crippen LogP contribution < -0.4 is 10.1 Å². The van der Waals surface area contributed by atoms with Crippen LogP contribution >= 0.6 is 0 Å². The van der Waals surface area contributed by atoms with Crippen LogP contribution in [-0.4, -0.2) is 12.0 Å². The van der Waals surface area contributed by atoms with Gasteiger partial charge in [0.25, 0.3) is 0 Å². The summed E-state index contributed by atoms with van der Waals surface area (Å²) >= 11 is 0. The molecule has 0 bridgehead atoms. The van der Waals surface area contributed by atoms with Crippen molar-refractivity contribution >= 4 is 11.6 Å². The molecule has 0 spiro atoms. The minimum absolute atomic E-state index is 0.0241. The van der Waals surface area contributed by atoms with Crippen molar-refractivity contribution in [2.24, 2.45) is 0 Å². The maximum Gasteiger partial charge on any atom is 0.235 e. The standard InChI is InChI=1S/C31H31NO2/c1-24(2)34-29-20-18-28(19-21-29)32-30(33)31(27-16-10-5-11-17-27,22-25-12-6-3-7-13-25)23-26-14-8-4-9-15-26/h3-21,24H,22-23H2,1-2H3,(H,32,33). The van der Waals surface area contributed by atoms with Crippen LogP contribution in [0.4, 0.5) is 5.69 Å². The predicted molar refractivity (Wildman–Crippen MR) is 139 cm³/mol. The average molecular weight is 450 g/mol. The van der Waals surface area contributed by atoms with E-state index in [2.05, 4.69) is 41.7 Å². The van der Waals surface area contributed by atoms with Crippen molar-refractivity contribution in [1.82, 2.24) is 0 Å². The molecule has 4 aromatic rings. The van der Waals surface area contributed by atoms with Crippen LogP contribution in [0.3, 0.4) is 0 Å². The molecule has 0 saturated heterocycles. The summed E-state index contributed by atoms with van der Waals surface area (Å²) in [5.41, 5.74) is 3.22. The number of benzene rings is 4. The second-order valence-corrected chi connectivity index (χ2v) is 8.92. The Balaban J connectivity index is 1.74. The van der Waals surface area contributed by atoms with Crippen molar-refractivity contribution < 1.29 is 9.53 Å². The second-order valence-electron chi connectivity index (χ2n) is 8.92. The zero-order valence-electron chi connectivity index (χ0n) is 19.8. The van der Waals surface area contributed by atoms with E-state index in [9.17, 15) is 4.79 Å². The van der Waals surface area contributed by atoms with Crippen molar-refractivity contribution in [2.45, 2.75) is 38.2 Å². The SMILES string of the molecule is CC(C)Oc1ccc(NC(=O)C(Cc2ccccc2)(Cc2ccccc2)c2ccccc2)cc1. The summed E-state index contributed by atoms with van der Waals surface area (Å²) in [5, 5.41) is 3.21. The number of hydrogen-bond acceptors (Lipinski definition) is 2. The third kappa shape index (κ3) is 5.74. The van der Waals surface area contributed by atoms with Crippen LogP contribution in [0, 0.1) is 0 Å². The number of carbonyl (C=O) groups excluding carboxylic acids is 1. The summed E-state index contributed by atoms with van der Waals surface area (Å²) in [6, 6.07) is 38.2. The highest BCUT2D eigenvalue weighted by molar-refractivity contribution is 5.99. The van der Waals surface area contributed by atoms with Gasteiger partial charge in [-0.1, -0.05) is 91.0 Å². The first-order valence-electron chi connectivity index (χ1n) is 11.8. The normalized spacial score (nSPS) is 11.3. The molecule has 0 aliphatic carbocycles. The van der Waals surface area contributed by atoms with Gasteiger partial charge in [-0.15, -0.1) is 0 Å². The smallest absolute Gasteiger partial charge is 0.235 e. The molecule has 3 heteroatoms. The van der Waals surface area contributed by atoms with Gasteiger partial charge < -0.3 is 10.1 Å². The van der Waals surface area contributed by atoms with Crippen molar-refractivity contribution in [3.8, 4) is 5.75 Å². The zero-order chi connectivity index (χ0) is 23.8. The van der Waals surface area contributed by atoms with Crippen LogP contribution in [0.2, 0.25) is 0 Å². The molecule has 0 unspecified atom stereocenters. The molecule has 4 rings (SSSR count). The van der Waals surface area contributed by atoms with Crippen LogP contribution in [0.25, 0.3) is 0 Å². The highest BCUT2D eigenvalue weighted by Gasteiger charge is 2.40. The van der Waals surface area contributed by atoms with E-state index >= 15 is 0 Å². The van der Waals surface area contributed by atoms with Crippen molar-refractivity contribution in [3.63, 3.8) is 0 Å². The molecular weight excluding hydrogens is 418 g/mol. The number of amides is 1. The van der Waals surface area contributed by atoms with Gasteiger partial charge in [-0.25, -0.2) is 0 Å². The van der Waals surface area contributed by atoms with Gasteiger partial charge in [-0.3, -0.25) is 4.79 Å². The molecule has 1 N–H and O–H groups in total. The number of anilines is 1. The molecule has 0 atom stereocenters. The molecule has 0 saturated carbocycles. The van der Waals surface area contributed by atoms with E-state index < -0.39 is 5.41 Å². The monoisotopic (exact) mass is 449 g/mol. The number of nitrogens with one attached hydrogen (secondary N) is 1. The molecule has 4 aromatic carbocycles. The minimum atomic E-state index is -0.781. The highest BCUT2D eigenvalue weighted by atomic mass is 16.5. The lowest BCUT2D eigenvalue weighted by molar-refractivity contribution is -0.121. The van der Waals surface area contributed by atoms with Gasteiger partial charge in [-0.2, -0.15) is 0 Å². The number of ether oxygens (including phenoxy) is 1. The Morgan fingerprint density at radius 2 is 1.18 bits per heavy atom. The van der Waals surface area contributed by atoms with Gasteiger partial charge >= 0.3 is 0 Å². The van der Waals surface area contributed by atoms with E-state index in [4.69, 9.17) is 4.74 Å². The van der Waals surface area contributed by atoms with E-state index in [0.717, 1.165) is 28.1 Å². The molecule has 0 fully saturated rings. The maximum atomic E-state index is 14.2. The van der Waals surface area contributed by atoms with Crippen LogP contribution in [0.1, 0.15) is 30.5 Å². The summed E-state index contributed by atoms with van der Waals surface area (Å²) in [7, 11) is 0. The van der Waals surface area contributed by atoms with Crippen LogP contribution in [0.5, 0.6) is 5.75 Å². The van der Waals surface area contributed by atoms with Crippen molar-refractivity contribution in [1.29, 1.82) is 0 Å². The summed E-state index contributed by atoms with van der Waals surface area (Å²) < 4.78 is 5.76. The molecule has 0 heterocycles. The molecular formula is C31H31NO2. The fourth-order valence-electron chi connectivity index (χ4n) is 4.34. The Labute approximate surface area is 202 Å². The Morgan fingerprint density at radius 1 is 0.706 bits per heavy atom. The Hall–Kier alpha value is -3.85. The van der Waals surface area contributed by atoms with E-state index in [-0.39, 0.29) is 12.0 Å². The van der Waals surface area contributed by atoms with E-state index in [1.807, 2.05) is 92.7 Å². The summed E-state index contributed by atoms with van der Waals surface area (Å²) in [6.07, 6.45) is 1.28. The number of carbonyl (C=O) groups is 1. The molecule has 0 aliphatic rings. The summed E-state index contributed by atoms with van der Waals surface area (Å²) in [6.45, 7) is 3.99. The Bertz CT molecular complexity index is 1130. The molecule has 34 heavy (non-hydrogen) atoms. The lowest BCUT2D eigenvalue weighted by Crippen LogP contribution is -2.44. The van der Waals surface area contributed by atoms with Crippen LogP contribution in [0.15, 0.2) is 115 Å². The van der Waals surface area contributed by atoms with Crippen molar-refractivity contribution in [3.05, 3.63) is 132 Å². The molecule has 0 aromatic heterocycles. The second kappa shape index (κ2) is 10.8. The van der Waals surface area contributed by atoms with Crippen LogP contribution in [-0.2, 0) is 23.1 Å². The molecule has 172 valence electrons. The molecule has 1 amide bonds. The summed E-state index contributed by atoms with van der Waals surface area (Å²) in [5.74, 6) is 0.764. The van der Waals surface area contributed by atoms with Gasteiger partial charge in [0, 0.05) is 5.69 Å². The fourth-order valence-corrected chi connectivity index (χ4v) is 4.34. The first-order valence-corrected chi connectivity index (χ1v) is 11.8. The first-order chi connectivity index (χ1) is 16.5. The van der Waals surface area contributed by atoms with Gasteiger partial charge in [0.15, 0.2) is 0 Å². The molecule has 3 nitrogen and oxygen atoms in total. The quantitative estimate of drug-likeness (QED) is 0.304. The van der Waals surface area contributed by atoms with Gasteiger partial charge in [0.1, 0.15) is 5.75 Å². The number of hydrogen-bond donors (Lipinski definition) is 1. The topological polar surface area (TPSA) is 38.3 Å². The van der Waals surface area contributed by atoms with Gasteiger partial charge in [-0.05, 0) is 67.6 Å². The fraction of sp³-hybridized carbons (Fsp3) is 0.194. The molecule has 0 aliphatic heterocycles. The van der Waals surface area contributed by atoms with Gasteiger partial charge in [0.2, 0.25) is 5.91 Å². The third-order valence-electron chi connectivity index (χ3n) is 5.94. The van der Waals surface area contributed by atoms with Crippen molar-refractivity contribution in [2.75, 3.05) is 5.32 Å². The minimum Gasteiger partial charge on any atom is -0.491 e. The van der Waals surface area contributed by atoms with E-state index in [1.54, 1.807) is 0 Å². The Morgan fingerprint density at radius 3 is 1.65 bits per heavy atom. The highest BCUT2D eigenvalue weighted by Crippen LogP contribution is 2.34. The third-order valence-corrected chi connectivity index (χ3v) is 5.94. The molecule has 0 radical (unpaired) electrons. The maximum absolute atomic E-state index is 14.2. The summed E-state index contributed by atoms with van der Waals surface area (Å²) in [4.78, 5) is 14.2. The van der Waals surface area contributed by atoms with E-state index in [1.165, 1.54) is 0 Å². The first kappa shape index (κ1) is 23.3.